The molecule has 0 unspecified atom stereocenters. The number of para-hydroxylation sites is 1. The Morgan fingerprint density at radius 3 is 2.71 bits per heavy atom. The number of urea groups is 1. The summed E-state index contributed by atoms with van der Waals surface area (Å²) in [5, 5.41) is 2.81. The van der Waals surface area contributed by atoms with Crippen molar-refractivity contribution in [2.45, 2.75) is 38.1 Å². The first-order chi connectivity index (χ1) is 11.6. The monoisotopic (exact) mass is 323 g/mol. The van der Waals surface area contributed by atoms with Crippen LogP contribution in [0.25, 0.3) is 0 Å². The summed E-state index contributed by atoms with van der Waals surface area (Å²) in [4.78, 5) is 26.9. The van der Waals surface area contributed by atoms with E-state index in [1.807, 2.05) is 25.1 Å². The molecule has 2 aromatic rings. The Kier molecular flexibility index (Phi) is 3.44. The lowest BCUT2D eigenvalue weighted by molar-refractivity contribution is 0.244. The lowest BCUT2D eigenvalue weighted by atomic mass is 9.66. The fraction of sp³-hybridized carbons (Fsp3) is 0.368. The van der Waals surface area contributed by atoms with Crippen molar-refractivity contribution in [1.82, 2.24) is 4.57 Å². The lowest BCUT2D eigenvalue weighted by Gasteiger charge is -2.38. The molecule has 0 bridgehead atoms. The van der Waals surface area contributed by atoms with Crippen molar-refractivity contribution in [2.75, 3.05) is 16.8 Å². The number of benzene rings is 1. The molecule has 24 heavy (non-hydrogen) atoms. The molecule has 2 amide bonds. The molecule has 1 spiro atoms. The van der Waals surface area contributed by atoms with Crippen LogP contribution in [0.3, 0.4) is 0 Å². The van der Waals surface area contributed by atoms with Gasteiger partial charge in [0, 0.05) is 30.4 Å². The van der Waals surface area contributed by atoms with Crippen molar-refractivity contribution >= 4 is 17.4 Å². The zero-order valence-corrected chi connectivity index (χ0v) is 13.8. The molecule has 1 aliphatic heterocycles. The van der Waals surface area contributed by atoms with E-state index in [4.69, 9.17) is 0 Å². The molecule has 0 atom stereocenters. The van der Waals surface area contributed by atoms with E-state index < -0.39 is 0 Å². The van der Waals surface area contributed by atoms with Crippen molar-refractivity contribution in [1.29, 1.82) is 0 Å². The average molecular weight is 323 g/mol. The predicted molar refractivity (Wildman–Crippen MR) is 94.7 cm³/mol. The summed E-state index contributed by atoms with van der Waals surface area (Å²) < 4.78 is 1.58. The van der Waals surface area contributed by atoms with E-state index in [0.717, 1.165) is 18.5 Å². The van der Waals surface area contributed by atoms with Crippen LogP contribution in [-0.2, 0) is 12.0 Å². The van der Waals surface area contributed by atoms with Crippen molar-refractivity contribution in [3.8, 4) is 0 Å². The molecule has 1 aromatic carbocycles. The Bertz CT molecular complexity index is 852. The van der Waals surface area contributed by atoms with Gasteiger partial charge in [-0.05, 0) is 43.5 Å². The van der Waals surface area contributed by atoms with Gasteiger partial charge in [0.05, 0.1) is 0 Å². The van der Waals surface area contributed by atoms with E-state index in [1.54, 1.807) is 27.8 Å². The van der Waals surface area contributed by atoms with Crippen molar-refractivity contribution < 1.29 is 4.79 Å². The Labute approximate surface area is 140 Å². The summed E-state index contributed by atoms with van der Waals surface area (Å²) in [5.74, 6) is 0. The quantitative estimate of drug-likeness (QED) is 0.921. The van der Waals surface area contributed by atoms with Gasteiger partial charge in [-0.1, -0.05) is 24.6 Å². The van der Waals surface area contributed by atoms with Gasteiger partial charge in [0.15, 0.2) is 0 Å². The molecule has 2 heterocycles. The number of nitrogens with zero attached hydrogens (tertiary/aromatic N) is 2. The lowest BCUT2D eigenvalue weighted by Crippen LogP contribution is -2.43. The number of anilines is 2. The van der Waals surface area contributed by atoms with Gasteiger partial charge in [0.2, 0.25) is 0 Å². The van der Waals surface area contributed by atoms with Gasteiger partial charge < -0.3 is 9.88 Å². The maximum absolute atomic E-state index is 12.8. The standard InChI is InChI=1S/C19H21N3O2/c1-2-21-12-5-8-15(17(21)23)20-18(24)22-13-19(10-6-11-19)14-7-3-4-9-16(14)22/h3-5,7-9,12H,2,6,10-11,13H2,1H3,(H,20,24). The second kappa shape index (κ2) is 5.51. The van der Waals surface area contributed by atoms with Gasteiger partial charge in [-0.15, -0.1) is 0 Å². The van der Waals surface area contributed by atoms with Crippen molar-refractivity contribution in [2.24, 2.45) is 0 Å². The minimum Gasteiger partial charge on any atom is -0.314 e. The average Bonchev–Trinajstić information content (AvgIpc) is 2.93. The molecule has 124 valence electrons. The number of pyridine rings is 1. The molecule has 4 rings (SSSR count). The predicted octanol–water partition coefficient (Wildman–Crippen LogP) is 3.34. The van der Waals surface area contributed by atoms with Crippen LogP contribution in [0.1, 0.15) is 31.7 Å². The zero-order chi connectivity index (χ0) is 16.7. The third-order valence-corrected chi connectivity index (χ3v) is 5.39. The van der Waals surface area contributed by atoms with E-state index in [2.05, 4.69) is 11.4 Å². The fourth-order valence-corrected chi connectivity index (χ4v) is 3.91. The molecule has 0 radical (unpaired) electrons. The van der Waals surface area contributed by atoms with E-state index in [1.165, 1.54) is 12.0 Å². The van der Waals surface area contributed by atoms with Crippen molar-refractivity contribution in [3.05, 3.63) is 58.5 Å². The number of hydrogen-bond acceptors (Lipinski definition) is 2. The van der Waals surface area contributed by atoms with Crippen LogP contribution in [-0.4, -0.2) is 17.1 Å². The number of nitrogens with one attached hydrogen (secondary N) is 1. The van der Waals surface area contributed by atoms with Crippen LogP contribution in [0.2, 0.25) is 0 Å². The van der Waals surface area contributed by atoms with E-state index in [0.29, 0.717) is 18.8 Å². The topological polar surface area (TPSA) is 54.3 Å². The Morgan fingerprint density at radius 2 is 2.00 bits per heavy atom. The van der Waals surface area contributed by atoms with E-state index in [-0.39, 0.29) is 17.0 Å². The number of aromatic nitrogens is 1. The minimum absolute atomic E-state index is 0.119. The minimum atomic E-state index is -0.225. The molecule has 1 aliphatic carbocycles. The summed E-state index contributed by atoms with van der Waals surface area (Å²) in [7, 11) is 0. The van der Waals surface area contributed by atoms with Crippen molar-refractivity contribution in [3.63, 3.8) is 0 Å². The molecule has 2 aliphatic rings. The van der Waals surface area contributed by atoms with Gasteiger partial charge >= 0.3 is 6.03 Å². The molecule has 5 heteroatoms. The smallest absolute Gasteiger partial charge is 0.314 e. The number of hydrogen-bond donors (Lipinski definition) is 1. The van der Waals surface area contributed by atoms with E-state index >= 15 is 0 Å². The maximum Gasteiger partial charge on any atom is 0.326 e. The molecule has 1 fully saturated rings. The highest BCUT2D eigenvalue weighted by Crippen LogP contribution is 2.52. The molecule has 0 saturated heterocycles. The second-order valence-corrected chi connectivity index (χ2v) is 6.68. The number of aryl methyl sites for hydroxylation is 1. The van der Waals surface area contributed by atoms with Crippen LogP contribution < -0.4 is 15.8 Å². The first-order valence-corrected chi connectivity index (χ1v) is 8.52. The first-order valence-electron chi connectivity index (χ1n) is 8.52. The van der Waals surface area contributed by atoms with Gasteiger partial charge in [0.1, 0.15) is 5.69 Å². The van der Waals surface area contributed by atoms with Crippen LogP contribution in [0.5, 0.6) is 0 Å². The highest BCUT2D eigenvalue weighted by atomic mass is 16.2. The number of carbonyl (C=O) groups is 1. The molecule has 1 N–H and O–H groups in total. The number of rotatable bonds is 2. The molecular weight excluding hydrogens is 302 g/mol. The van der Waals surface area contributed by atoms with Gasteiger partial charge in [-0.25, -0.2) is 4.79 Å². The van der Waals surface area contributed by atoms with Crippen LogP contribution in [0.4, 0.5) is 16.2 Å². The summed E-state index contributed by atoms with van der Waals surface area (Å²) in [6.45, 7) is 3.19. The van der Waals surface area contributed by atoms with Gasteiger partial charge in [-0.2, -0.15) is 0 Å². The van der Waals surface area contributed by atoms with Gasteiger partial charge in [-0.3, -0.25) is 9.69 Å². The second-order valence-electron chi connectivity index (χ2n) is 6.68. The highest BCUT2D eigenvalue weighted by Gasteiger charge is 2.48. The summed E-state index contributed by atoms with van der Waals surface area (Å²) in [6, 6.07) is 11.4. The number of amides is 2. The number of fused-ring (bicyclic) bond motifs is 2. The SMILES string of the molecule is CCn1cccc(NC(=O)N2CC3(CCC3)c3ccccc32)c1=O. The third kappa shape index (κ3) is 2.15. The Morgan fingerprint density at radius 1 is 1.21 bits per heavy atom. The maximum atomic E-state index is 12.8. The summed E-state index contributed by atoms with van der Waals surface area (Å²) in [5.41, 5.74) is 2.52. The normalized spacial score (nSPS) is 17.5. The summed E-state index contributed by atoms with van der Waals surface area (Å²) >= 11 is 0. The van der Waals surface area contributed by atoms with E-state index in [9.17, 15) is 9.59 Å². The number of carbonyl (C=O) groups excluding carboxylic acids is 1. The third-order valence-electron chi connectivity index (χ3n) is 5.39. The van der Waals surface area contributed by atoms with Gasteiger partial charge in [0.25, 0.3) is 5.56 Å². The largest absolute Gasteiger partial charge is 0.326 e. The molecule has 1 aromatic heterocycles. The zero-order valence-electron chi connectivity index (χ0n) is 13.8. The summed E-state index contributed by atoms with van der Waals surface area (Å²) in [6.07, 6.45) is 5.19. The van der Waals surface area contributed by atoms with Crippen LogP contribution in [0, 0.1) is 0 Å². The first kappa shape index (κ1) is 15.0. The van der Waals surface area contributed by atoms with Crippen LogP contribution >= 0.6 is 0 Å². The Hall–Kier alpha value is -2.56. The molecule has 5 nitrogen and oxygen atoms in total. The Balaban J connectivity index is 1.63. The highest BCUT2D eigenvalue weighted by molar-refractivity contribution is 6.03. The fourth-order valence-electron chi connectivity index (χ4n) is 3.91. The van der Waals surface area contributed by atoms with Crippen LogP contribution in [0.15, 0.2) is 47.4 Å². The molecule has 1 saturated carbocycles. The molecular formula is C19H21N3O2.